The Morgan fingerprint density at radius 2 is 1.81 bits per heavy atom. The molecule has 3 aromatic rings. The smallest absolute Gasteiger partial charge is 0.173 e. The number of carbonyl (C=O) groups is 1. The Hall–Kier alpha value is -2.20. The van der Waals surface area contributed by atoms with E-state index in [1.54, 1.807) is 6.07 Å². The number of hydrogen-bond acceptors (Lipinski definition) is 2. The zero-order valence-electron chi connectivity index (χ0n) is 10.8. The molecule has 4 heteroatoms. The number of rotatable bonds is 3. The van der Waals surface area contributed by atoms with E-state index in [0.29, 0.717) is 12.0 Å². The number of aldehydes is 1. The third kappa shape index (κ3) is 2.54. The third-order valence-corrected chi connectivity index (χ3v) is 3.98. The first-order valence-corrected chi connectivity index (χ1v) is 7.09. The standard InChI is InChI=1S/C17H10BrFO2/c18-16-13-6-2-1-4-11(13)8-9-15(16)21-17-12(10-20)5-3-7-14(17)19/h1-10H. The van der Waals surface area contributed by atoms with Crippen LogP contribution in [0.25, 0.3) is 10.8 Å². The number of halogens is 2. The van der Waals surface area contributed by atoms with Gasteiger partial charge in [-0.05, 0) is 44.9 Å². The van der Waals surface area contributed by atoms with Crippen molar-refractivity contribution in [1.29, 1.82) is 0 Å². The summed E-state index contributed by atoms with van der Waals surface area (Å²) >= 11 is 3.47. The maximum atomic E-state index is 13.9. The summed E-state index contributed by atoms with van der Waals surface area (Å²) in [5, 5.41) is 2.00. The van der Waals surface area contributed by atoms with E-state index in [9.17, 15) is 9.18 Å². The summed E-state index contributed by atoms with van der Waals surface area (Å²) in [6.45, 7) is 0. The van der Waals surface area contributed by atoms with Gasteiger partial charge in [-0.15, -0.1) is 0 Å². The summed E-state index contributed by atoms with van der Waals surface area (Å²) < 4.78 is 20.2. The van der Waals surface area contributed by atoms with Crippen LogP contribution >= 0.6 is 15.9 Å². The van der Waals surface area contributed by atoms with Gasteiger partial charge in [-0.1, -0.05) is 36.4 Å². The average molecular weight is 345 g/mol. The lowest BCUT2D eigenvalue weighted by Gasteiger charge is -2.12. The predicted molar refractivity (Wildman–Crippen MR) is 83.5 cm³/mol. The first-order chi connectivity index (χ1) is 10.2. The Morgan fingerprint density at radius 3 is 2.62 bits per heavy atom. The maximum Gasteiger partial charge on any atom is 0.173 e. The topological polar surface area (TPSA) is 26.3 Å². The Labute approximate surface area is 129 Å². The molecule has 3 aromatic carbocycles. The summed E-state index contributed by atoms with van der Waals surface area (Å²) in [7, 11) is 0. The Morgan fingerprint density at radius 1 is 1.00 bits per heavy atom. The van der Waals surface area contributed by atoms with Crippen LogP contribution in [0.5, 0.6) is 11.5 Å². The van der Waals surface area contributed by atoms with Crippen molar-refractivity contribution in [2.75, 3.05) is 0 Å². The number of benzene rings is 3. The van der Waals surface area contributed by atoms with E-state index in [1.807, 2.05) is 30.3 Å². The minimum absolute atomic E-state index is 0.0662. The molecular formula is C17H10BrFO2. The highest BCUT2D eigenvalue weighted by atomic mass is 79.9. The van der Waals surface area contributed by atoms with Gasteiger partial charge in [0.1, 0.15) is 5.75 Å². The number of para-hydroxylation sites is 1. The van der Waals surface area contributed by atoms with Gasteiger partial charge in [0.2, 0.25) is 0 Å². The van der Waals surface area contributed by atoms with E-state index in [0.717, 1.165) is 15.2 Å². The van der Waals surface area contributed by atoms with Crippen molar-refractivity contribution in [2.45, 2.75) is 0 Å². The summed E-state index contributed by atoms with van der Waals surface area (Å²) in [4.78, 5) is 11.0. The molecule has 0 amide bonds. The highest BCUT2D eigenvalue weighted by molar-refractivity contribution is 9.10. The van der Waals surface area contributed by atoms with E-state index in [-0.39, 0.29) is 11.3 Å². The third-order valence-electron chi connectivity index (χ3n) is 3.16. The van der Waals surface area contributed by atoms with E-state index in [4.69, 9.17) is 4.74 Å². The van der Waals surface area contributed by atoms with Crippen molar-refractivity contribution in [3.05, 3.63) is 70.5 Å². The zero-order chi connectivity index (χ0) is 14.8. The fourth-order valence-electron chi connectivity index (χ4n) is 2.13. The number of hydrogen-bond donors (Lipinski definition) is 0. The van der Waals surface area contributed by atoms with Crippen LogP contribution in [0.2, 0.25) is 0 Å². The molecule has 2 nitrogen and oxygen atoms in total. The van der Waals surface area contributed by atoms with Crippen LogP contribution in [-0.2, 0) is 0 Å². The molecule has 0 heterocycles. The van der Waals surface area contributed by atoms with E-state index in [2.05, 4.69) is 15.9 Å². The van der Waals surface area contributed by atoms with Gasteiger partial charge >= 0.3 is 0 Å². The van der Waals surface area contributed by atoms with Crippen LogP contribution in [-0.4, -0.2) is 6.29 Å². The molecule has 104 valence electrons. The van der Waals surface area contributed by atoms with Crippen molar-refractivity contribution in [3.63, 3.8) is 0 Å². The van der Waals surface area contributed by atoms with Crippen molar-refractivity contribution in [2.24, 2.45) is 0 Å². The summed E-state index contributed by atoms with van der Waals surface area (Å²) in [6.07, 6.45) is 0.577. The predicted octanol–water partition coefficient (Wildman–Crippen LogP) is 5.35. The molecule has 0 atom stereocenters. The molecule has 0 aliphatic heterocycles. The van der Waals surface area contributed by atoms with Crippen LogP contribution < -0.4 is 4.74 Å². The van der Waals surface area contributed by atoms with Crippen molar-refractivity contribution < 1.29 is 13.9 Å². The molecule has 3 rings (SSSR count). The fraction of sp³-hybridized carbons (Fsp3) is 0. The molecule has 0 saturated heterocycles. The highest BCUT2D eigenvalue weighted by Gasteiger charge is 2.13. The van der Waals surface area contributed by atoms with Crippen LogP contribution in [0.4, 0.5) is 4.39 Å². The van der Waals surface area contributed by atoms with Gasteiger partial charge in [-0.25, -0.2) is 4.39 Å². The number of ether oxygens (including phenoxy) is 1. The van der Waals surface area contributed by atoms with Crippen LogP contribution in [0.3, 0.4) is 0 Å². The van der Waals surface area contributed by atoms with Gasteiger partial charge in [0, 0.05) is 0 Å². The molecule has 0 bridgehead atoms. The highest BCUT2D eigenvalue weighted by Crippen LogP contribution is 2.37. The molecule has 0 N–H and O–H groups in total. The molecule has 0 unspecified atom stereocenters. The van der Waals surface area contributed by atoms with Gasteiger partial charge in [-0.2, -0.15) is 0 Å². The lowest BCUT2D eigenvalue weighted by atomic mass is 10.1. The molecule has 0 spiro atoms. The van der Waals surface area contributed by atoms with Gasteiger partial charge < -0.3 is 4.74 Å². The second-order valence-electron chi connectivity index (χ2n) is 4.48. The summed E-state index contributed by atoms with van der Waals surface area (Å²) in [6, 6.07) is 15.6. The normalized spacial score (nSPS) is 10.6. The Bertz CT molecular complexity index is 830. The van der Waals surface area contributed by atoms with Gasteiger partial charge in [0.25, 0.3) is 0 Å². The molecule has 0 saturated carbocycles. The second-order valence-corrected chi connectivity index (χ2v) is 5.27. The second kappa shape index (κ2) is 5.66. The molecular weight excluding hydrogens is 335 g/mol. The molecule has 0 aliphatic rings. The van der Waals surface area contributed by atoms with Crippen molar-refractivity contribution >= 4 is 33.0 Å². The van der Waals surface area contributed by atoms with E-state index in [1.165, 1.54) is 18.2 Å². The Kier molecular flexibility index (Phi) is 3.71. The minimum Gasteiger partial charge on any atom is -0.452 e. The lowest BCUT2D eigenvalue weighted by molar-refractivity contribution is 0.112. The van der Waals surface area contributed by atoms with Gasteiger partial charge in [0.05, 0.1) is 10.0 Å². The molecule has 0 aromatic heterocycles. The monoisotopic (exact) mass is 344 g/mol. The first-order valence-electron chi connectivity index (χ1n) is 6.29. The summed E-state index contributed by atoms with van der Waals surface area (Å²) in [5.74, 6) is -0.176. The van der Waals surface area contributed by atoms with E-state index >= 15 is 0 Å². The number of carbonyl (C=O) groups excluding carboxylic acids is 1. The molecule has 0 aliphatic carbocycles. The minimum atomic E-state index is -0.570. The van der Waals surface area contributed by atoms with E-state index < -0.39 is 5.82 Å². The van der Waals surface area contributed by atoms with Crippen LogP contribution in [0.1, 0.15) is 10.4 Å². The van der Waals surface area contributed by atoms with Crippen molar-refractivity contribution in [1.82, 2.24) is 0 Å². The molecule has 0 radical (unpaired) electrons. The van der Waals surface area contributed by atoms with Crippen LogP contribution in [0, 0.1) is 5.82 Å². The first kappa shape index (κ1) is 13.8. The fourth-order valence-corrected chi connectivity index (χ4v) is 2.70. The number of fused-ring (bicyclic) bond motifs is 1. The average Bonchev–Trinajstić information content (AvgIpc) is 2.52. The maximum absolute atomic E-state index is 13.9. The van der Waals surface area contributed by atoms with Gasteiger partial charge in [-0.3, -0.25) is 4.79 Å². The van der Waals surface area contributed by atoms with Crippen molar-refractivity contribution in [3.8, 4) is 11.5 Å². The largest absolute Gasteiger partial charge is 0.452 e. The zero-order valence-corrected chi connectivity index (χ0v) is 12.4. The SMILES string of the molecule is O=Cc1cccc(F)c1Oc1ccc2ccccc2c1Br. The quantitative estimate of drug-likeness (QED) is 0.599. The van der Waals surface area contributed by atoms with Crippen LogP contribution in [0.15, 0.2) is 59.1 Å². The molecule has 21 heavy (non-hydrogen) atoms. The Balaban J connectivity index is 2.11. The summed E-state index contributed by atoms with van der Waals surface area (Å²) in [5.41, 5.74) is 0.176. The molecule has 0 fully saturated rings. The lowest BCUT2D eigenvalue weighted by Crippen LogP contribution is -1.95. The van der Waals surface area contributed by atoms with Gasteiger partial charge in [0.15, 0.2) is 17.9 Å².